The molecule has 0 radical (unpaired) electrons. The van der Waals surface area contributed by atoms with Crippen LogP contribution in [0.25, 0.3) is 16.1 Å². The third kappa shape index (κ3) is 3.10. The van der Waals surface area contributed by atoms with Gasteiger partial charge in [0.25, 0.3) is 0 Å². The molecule has 0 saturated carbocycles. The molecule has 136 valence electrons. The lowest BCUT2D eigenvalue weighted by Crippen LogP contribution is -2.30. The number of nitrogens with two attached hydrogens (primary N) is 1. The van der Waals surface area contributed by atoms with Crippen molar-refractivity contribution in [3.63, 3.8) is 0 Å². The van der Waals surface area contributed by atoms with Gasteiger partial charge in [-0.05, 0) is 55.0 Å². The zero-order valence-corrected chi connectivity index (χ0v) is 15.9. The lowest BCUT2D eigenvalue weighted by atomic mass is 10.00. The topological polar surface area (TPSA) is 67.9 Å². The van der Waals surface area contributed by atoms with Crippen molar-refractivity contribution in [1.82, 2.24) is 15.2 Å². The molecule has 5 nitrogen and oxygen atoms in total. The van der Waals surface area contributed by atoms with Gasteiger partial charge in [-0.1, -0.05) is 35.6 Å². The summed E-state index contributed by atoms with van der Waals surface area (Å²) in [4.78, 5) is 7.40. The van der Waals surface area contributed by atoms with E-state index in [4.69, 9.17) is 10.7 Å². The third-order valence-electron chi connectivity index (χ3n) is 5.30. The van der Waals surface area contributed by atoms with E-state index in [1.807, 2.05) is 0 Å². The number of nitrogen functional groups attached to an aromatic ring is 1. The first-order chi connectivity index (χ1) is 13.3. The van der Waals surface area contributed by atoms with Gasteiger partial charge in [-0.2, -0.15) is 0 Å². The van der Waals surface area contributed by atoms with Crippen LogP contribution in [0, 0.1) is 0 Å². The number of allylic oxidation sites excluding steroid dienone is 1. The monoisotopic (exact) mass is 375 g/mol. The predicted octanol–water partition coefficient (Wildman–Crippen LogP) is 4.16. The van der Waals surface area contributed by atoms with Crippen molar-refractivity contribution < 1.29 is 0 Å². The molecule has 3 heterocycles. The van der Waals surface area contributed by atoms with E-state index in [1.54, 1.807) is 0 Å². The van der Waals surface area contributed by atoms with Gasteiger partial charge in [0.1, 0.15) is 10.8 Å². The van der Waals surface area contributed by atoms with E-state index in [0.29, 0.717) is 5.13 Å². The van der Waals surface area contributed by atoms with Crippen molar-refractivity contribution in [1.29, 1.82) is 0 Å². The number of pyridine rings is 1. The molecule has 6 heteroatoms. The molecule has 27 heavy (non-hydrogen) atoms. The molecule has 3 aromatic rings. The SMILES string of the molecule is Nc1nnc(-c2ccc3c(c2)C(c2cccc(N4CCCCC4)n2)=CC3)s1. The first-order valence-corrected chi connectivity index (χ1v) is 10.2. The molecule has 5 rings (SSSR count). The van der Waals surface area contributed by atoms with Crippen LogP contribution in [0.1, 0.15) is 36.1 Å². The van der Waals surface area contributed by atoms with Gasteiger partial charge in [-0.15, -0.1) is 10.2 Å². The van der Waals surface area contributed by atoms with Crippen molar-refractivity contribution in [2.24, 2.45) is 0 Å². The highest BCUT2D eigenvalue weighted by Crippen LogP contribution is 2.36. The molecule has 1 saturated heterocycles. The summed E-state index contributed by atoms with van der Waals surface area (Å²) in [7, 11) is 0. The number of fused-ring (bicyclic) bond motifs is 1. The Morgan fingerprint density at radius 1 is 1.00 bits per heavy atom. The highest BCUT2D eigenvalue weighted by Gasteiger charge is 2.20. The van der Waals surface area contributed by atoms with Gasteiger partial charge >= 0.3 is 0 Å². The van der Waals surface area contributed by atoms with Crippen molar-refractivity contribution in [2.75, 3.05) is 23.7 Å². The maximum Gasteiger partial charge on any atom is 0.203 e. The van der Waals surface area contributed by atoms with Crippen LogP contribution in [-0.2, 0) is 6.42 Å². The second kappa shape index (κ2) is 6.78. The van der Waals surface area contributed by atoms with Gasteiger partial charge in [-0.3, -0.25) is 0 Å². The number of nitrogens with zero attached hydrogens (tertiary/aromatic N) is 4. The number of hydrogen-bond acceptors (Lipinski definition) is 6. The fraction of sp³-hybridized carbons (Fsp3) is 0.286. The molecule has 1 aromatic carbocycles. The van der Waals surface area contributed by atoms with Crippen LogP contribution in [0.4, 0.5) is 10.9 Å². The minimum Gasteiger partial charge on any atom is -0.374 e. The number of benzene rings is 1. The highest BCUT2D eigenvalue weighted by atomic mass is 32.1. The van der Waals surface area contributed by atoms with Gasteiger partial charge in [0.05, 0.1) is 5.69 Å². The molecule has 0 amide bonds. The molecule has 2 aromatic heterocycles. The van der Waals surface area contributed by atoms with E-state index < -0.39 is 0 Å². The molecule has 1 aliphatic carbocycles. The summed E-state index contributed by atoms with van der Waals surface area (Å²) in [6.07, 6.45) is 7.06. The van der Waals surface area contributed by atoms with Gasteiger partial charge in [0.2, 0.25) is 5.13 Å². The van der Waals surface area contributed by atoms with E-state index in [0.717, 1.165) is 41.6 Å². The number of hydrogen-bond donors (Lipinski definition) is 1. The number of anilines is 2. The Hall–Kier alpha value is -2.73. The van der Waals surface area contributed by atoms with Crippen LogP contribution in [0.3, 0.4) is 0 Å². The first-order valence-electron chi connectivity index (χ1n) is 9.43. The summed E-state index contributed by atoms with van der Waals surface area (Å²) in [5.41, 5.74) is 11.6. The normalized spacial score (nSPS) is 16.3. The summed E-state index contributed by atoms with van der Waals surface area (Å²) in [5.74, 6) is 1.09. The predicted molar refractivity (Wildman–Crippen MR) is 111 cm³/mol. The third-order valence-corrected chi connectivity index (χ3v) is 6.11. The molecule has 1 fully saturated rings. The van der Waals surface area contributed by atoms with Crippen molar-refractivity contribution in [3.8, 4) is 10.6 Å². The van der Waals surface area contributed by atoms with Crippen LogP contribution in [0.15, 0.2) is 42.5 Å². The number of aromatic nitrogens is 3. The van der Waals surface area contributed by atoms with Crippen LogP contribution in [0.2, 0.25) is 0 Å². The summed E-state index contributed by atoms with van der Waals surface area (Å²) in [6, 6.07) is 12.9. The van der Waals surface area contributed by atoms with E-state index in [2.05, 4.69) is 57.6 Å². The zero-order valence-electron chi connectivity index (χ0n) is 15.1. The summed E-state index contributed by atoms with van der Waals surface area (Å²) in [6.45, 7) is 2.21. The fourth-order valence-electron chi connectivity index (χ4n) is 3.93. The van der Waals surface area contributed by atoms with Crippen LogP contribution < -0.4 is 10.6 Å². The van der Waals surface area contributed by atoms with Crippen LogP contribution >= 0.6 is 11.3 Å². The Balaban J connectivity index is 1.50. The minimum absolute atomic E-state index is 0.497. The highest BCUT2D eigenvalue weighted by molar-refractivity contribution is 7.18. The van der Waals surface area contributed by atoms with Crippen LogP contribution in [-0.4, -0.2) is 28.3 Å². The molecule has 0 bridgehead atoms. The smallest absolute Gasteiger partial charge is 0.203 e. The maximum absolute atomic E-state index is 5.75. The van der Waals surface area contributed by atoms with Gasteiger partial charge < -0.3 is 10.6 Å². The Morgan fingerprint density at radius 3 is 2.70 bits per heavy atom. The first kappa shape index (κ1) is 16.4. The molecule has 2 N–H and O–H groups in total. The molecule has 2 aliphatic rings. The fourth-order valence-corrected chi connectivity index (χ4v) is 4.53. The van der Waals surface area contributed by atoms with E-state index in [-0.39, 0.29) is 0 Å². The minimum atomic E-state index is 0.497. The molecule has 0 spiro atoms. The van der Waals surface area contributed by atoms with Crippen molar-refractivity contribution in [3.05, 3.63) is 59.3 Å². The Morgan fingerprint density at radius 2 is 1.89 bits per heavy atom. The zero-order chi connectivity index (χ0) is 18.2. The molecule has 0 atom stereocenters. The largest absolute Gasteiger partial charge is 0.374 e. The maximum atomic E-state index is 5.75. The standard InChI is InChI=1S/C21H21N5S/c22-21-25-24-20(27-21)15-8-7-14-9-10-16(17(14)13-15)18-5-4-6-19(23-18)26-11-2-1-3-12-26/h4-8,10,13H,1-3,9,11-12H2,(H2,22,25). The molecular weight excluding hydrogens is 354 g/mol. The molecule has 1 aliphatic heterocycles. The van der Waals surface area contributed by atoms with Crippen LogP contribution in [0.5, 0.6) is 0 Å². The number of piperidine rings is 1. The van der Waals surface area contributed by atoms with Crippen molar-refractivity contribution >= 4 is 27.9 Å². The summed E-state index contributed by atoms with van der Waals surface area (Å²) < 4.78 is 0. The lowest BCUT2D eigenvalue weighted by Gasteiger charge is -2.28. The quantitative estimate of drug-likeness (QED) is 0.744. The van der Waals surface area contributed by atoms with E-state index >= 15 is 0 Å². The summed E-state index contributed by atoms with van der Waals surface area (Å²) >= 11 is 1.42. The Bertz CT molecular complexity index is 1020. The molecule has 0 unspecified atom stereocenters. The summed E-state index contributed by atoms with van der Waals surface area (Å²) in [5, 5.41) is 9.48. The van der Waals surface area contributed by atoms with E-state index in [9.17, 15) is 0 Å². The Labute approximate surface area is 162 Å². The van der Waals surface area contributed by atoms with Gasteiger partial charge in [0.15, 0.2) is 0 Å². The molecular formula is C21H21N5S. The van der Waals surface area contributed by atoms with Gasteiger partial charge in [-0.25, -0.2) is 4.98 Å². The second-order valence-corrected chi connectivity index (χ2v) is 8.08. The van der Waals surface area contributed by atoms with E-state index in [1.165, 1.54) is 47.3 Å². The average molecular weight is 376 g/mol. The second-order valence-electron chi connectivity index (χ2n) is 7.07. The van der Waals surface area contributed by atoms with Crippen molar-refractivity contribution in [2.45, 2.75) is 25.7 Å². The lowest BCUT2D eigenvalue weighted by molar-refractivity contribution is 0.573. The average Bonchev–Trinajstić information content (AvgIpc) is 3.34. The Kier molecular flexibility index (Phi) is 4.13. The number of rotatable bonds is 3. The van der Waals surface area contributed by atoms with Gasteiger partial charge in [0, 0.05) is 24.2 Å².